The van der Waals surface area contributed by atoms with Crippen molar-refractivity contribution in [1.29, 1.82) is 0 Å². The molecule has 0 atom stereocenters. The third kappa shape index (κ3) is 2.74. The standard InChI is InChI=1S/C9H6BrNO4S3/c10-5-3-4-16-9(5)18(14,15)11-7-2-1-6(17-7)8(12)13/h1-4,11H,(H,12,13). The molecule has 0 amide bonds. The Labute approximate surface area is 119 Å². The molecule has 2 rings (SSSR count). The summed E-state index contributed by atoms with van der Waals surface area (Å²) < 4.78 is 27.0. The average Bonchev–Trinajstić information content (AvgIpc) is 2.86. The van der Waals surface area contributed by atoms with Gasteiger partial charge >= 0.3 is 5.97 Å². The van der Waals surface area contributed by atoms with Crippen molar-refractivity contribution < 1.29 is 18.3 Å². The highest BCUT2D eigenvalue weighted by molar-refractivity contribution is 9.10. The second-order valence-corrected chi connectivity index (χ2v) is 7.86. The first kappa shape index (κ1) is 13.5. The van der Waals surface area contributed by atoms with Crippen molar-refractivity contribution >= 4 is 59.6 Å². The Morgan fingerprint density at radius 3 is 2.56 bits per heavy atom. The van der Waals surface area contributed by atoms with Crippen LogP contribution in [0.1, 0.15) is 9.67 Å². The van der Waals surface area contributed by atoms with Gasteiger partial charge in [-0.05, 0) is 39.5 Å². The minimum absolute atomic E-state index is 0.0814. The molecule has 0 aromatic carbocycles. The lowest BCUT2D eigenvalue weighted by Crippen LogP contribution is -2.10. The zero-order chi connectivity index (χ0) is 13.3. The summed E-state index contributed by atoms with van der Waals surface area (Å²) in [5, 5.41) is 10.7. The first-order valence-electron chi connectivity index (χ1n) is 4.49. The fourth-order valence-corrected chi connectivity index (χ4v) is 5.53. The van der Waals surface area contributed by atoms with Gasteiger partial charge in [0.05, 0.1) is 0 Å². The van der Waals surface area contributed by atoms with E-state index in [2.05, 4.69) is 20.7 Å². The lowest BCUT2D eigenvalue weighted by atomic mass is 10.5. The lowest BCUT2D eigenvalue weighted by Gasteiger charge is -2.03. The van der Waals surface area contributed by atoms with Crippen molar-refractivity contribution in [2.75, 3.05) is 4.72 Å². The van der Waals surface area contributed by atoms with Gasteiger partial charge in [-0.3, -0.25) is 4.72 Å². The van der Waals surface area contributed by atoms with Crippen molar-refractivity contribution in [2.45, 2.75) is 4.21 Å². The highest BCUT2D eigenvalue weighted by atomic mass is 79.9. The van der Waals surface area contributed by atoms with E-state index in [4.69, 9.17) is 5.11 Å². The molecule has 0 aliphatic carbocycles. The predicted octanol–water partition coefficient (Wildman–Crippen LogP) is 3.07. The second-order valence-electron chi connectivity index (χ2n) is 3.13. The molecule has 0 saturated heterocycles. The number of halogens is 1. The molecule has 0 radical (unpaired) electrons. The van der Waals surface area contributed by atoms with Gasteiger partial charge in [-0.1, -0.05) is 0 Å². The quantitative estimate of drug-likeness (QED) is 0.869. The number of sulfonamides is 1. The van der Waals surface area contributed by atoms with Crippen molar-refractivity contribution in [2.24, 2.45) is 0 Å². The highest BCUT2D eigenvalue weighted by Gasteiger charge is 2.20. The van der Waals surface area contributed by atoms with E-state index in [1.54, 1.807) is 11.4 Å². The molecule has 2 aromatic heterocycles. The first-order valence-corrected chi connectivity index (χ1v) is 8.46. The maximum Gasteiger partial charge on any atom is 0.345 e. The van der Waals surface area contributed by atoms with Gasteiger partial charge in [0, 0.05) is 4.47 Å². The predicted molar refractivity (Wildman–Crippen MR) is 74.1 cm³/mol. The van der Waals surface area contributed by atoms with E-state index in [9.17, 15) is 13.2 Å². The molecule has 0 aliphatic heterocycles. The number of anilines is 1. The van der Waals surface area contributed by atoms with Crippen molar-refractivity contribution in [3.63, 3.8) is 0 Å². The maximum absolute atomic E-state index is 12.0. The van der Waals surface area contributed by atoms with Crippen LogP contribution in [-0.4, -0.2) is 19.5 Å². The van der Waals surface area contributed by atoms with Crippen LogP contribution in [0.2, 0.25) is 0 Å². The summed E-state index contributed by atoms with van der Waals surface area (Å²) >= 11 is 5.09. The minimum atomic E-state index is -3.67. The minimum Gasteiger partial charge on any atom is -0.477 e. The van der Waals surface area contributed by atoms with E-state index in [-0.39, 0.29) is 14.1 Å². The van der Waals surface area contributed by atoms with Crippen LogP contribution in [0.25, 0.3) is 0 Å². The van der Waals surface area contributed by atoms with Gasteiger partial charge in [-0.15, -0.1) is 22.7 Å². The van der Waals surface area contributed by atoms with Crippen molar-refractivity contribution in [3.05, 3.63) is 32.9 Å². The fourth-order valence-electron chi connectivity index (χ4n) is 1.16. The molecule has 0 bridgehead atoms. The van der Waals surface area contributed by atoms with Crippen LogP contribution in [0.5, 0.6) is 0 Å². The Morgan fingerprint density at radius 1 is 1.33 bits per heavy atom. The van der Waals surface area contributed by atoms with Gasteiger partial charge in [-0.2, -0.15) is 0 Å². The summed E-state index contributed by atoms with van der Waals surface area (Å²) in [5.41, 5.74) is 0. The molecular formula is C9H6BrNO4S3. The number of rotatable bonds is 4. The van der Waals surface area contributed by atoms with Crippen LogP contribution in [0.15, 0.2) is 32.3 Å². The molecule has 9 heteroatoms. The van der Waals surface area contributed by atoms with Crippen molar-refractivity contribution in [1.82, 2.24) is 0 Å². The van der Waals surface area contributed by atoms with Gasteiger partial charge < -0.3 is 5.11 Å². The summed E-state index contributed by atoms with van der Waals surface area (Å²) in [6, 6.07) is 4.41. The number of carbonyl (C=O) groups is 1. The van der Waals surface area contributed by atoms with Crippen LogP contribution in [0, 0.1) is 0 Å². The van der Waals surface area contributed by atoms with Gasteiger partial charge in [0.15, 0.2) is 4.21 Å². The number of hydrogen-bond acceptors (Lipinski definition) is 5. The third-order valence-electron chi connectivity index (χ3n) is 1.88. The number of thiophene rings is 2. The van der Waals surface area contributed by atoms with Gasteiger partial charge in [0.1, 0.15) is 9.88 Å². The van der Waals surface area contributed by atoms with Crippen LogP contribution in [0.4, 0.5) is 5.00 Å². The summed E-state index contributed by atoms with van der Waals surface area (Å²) in [4.78, 5) is 10.8. The van der Waals surface area contributed by atoms with E-state index in [0.717, 1.165) is 22.7 Å². The molecule has 2 heterocycles. The second kappa shape index (κ2) is 5.00. The van der Waals surface area contributed by atoms with Crippen LogP contribution in [0.3, 0.4) is 0 Å². The molecule has 0 spiro atoms. The number of hydrogen-bond donors (Lipinski definition) is 2. The molecular weight excluding hydrogens is 362 g/mol. The van der Waals surface area contributed by atoms with Crippen LogP contribution in [-0.2, 0) is 10.0 Å². The third-order valence-corrected chi connectivity index (χ3v) is 7.03. The van der Waals surface area contributed by atoms with E-state index >= 15 is 0 Å². The average molecular weight is 368 g/mol. The van der Waals surface area contributed by atoms with Crippen LogP contribution < -0.4 is 4.72 Å². The van der Waals surface area contributed by atoms with Gasteiger partial charge in [-0.25, -0.2) is 13.2 Å². The Balaban J connectivity index is 2.28. The first-order chi connectivity index (χ1) is 8.40. The maximum atomic E-state index is 12.0. The van der Waals surface area contributed by atoms with E-state index < -0.39 is 16.0 Å². The van der Waals surface area contributed by atoms with E-state index in [1.807, 2.05) is 0 Å². The zero-order valence-electron chi connectivity index (χ0n) is 8.58. The summed E-state index contributed by atoms with van der Waals surface area (Å²) in [5.74, 6) is -1.08. The smallest absolute Gasteiger partial charge is 0.345 e. The number of carboxylic acid groups (broad SMARTS) is 1. The molecule has 0 fully saturated rings. The monoisotopic (exact) mass is 367 g/mol. The van der Waals surface area contributed by atoms with E-state index in [1.165, 1.54) is 12.1 Å². The molecule has 0 unspecified atom stereocenters. The summed E-state index contributed by atoms with van der Waals surface area (Å²) in [6.07, 6.45) is 0. The molecule has 96 valence electrons. The molecule has 5 nitrogen and oxygen atoms in total. The largest absolute Gasteiger partial charge is 0.477 e. The summed E-state index contributed by atoms with van der Waals surface area (Å²) in [6.45, 7) is 0. The number of nitrogens with one attached hydrogen (secondary N) is 1. The number of aromatic carboxylic acids is 1. The Kier molecular flexibility index (Phi) is 3.76. The lowest BCUT2D eigenvalue weighted by molar-refractivity contribution is 0.0702. The Bertz CT molecular complexity index is 688. The molecule has 2 aromatic rings. The summed E-state index contributed by atoms with van der Waals surface area (Å²) in [7, 11) is -3.67. The molecule has 0 saturated carbocycles. The normalized spacial score (nSPS) is 11.4. The van der Waals surface area contributed by atoms with Crippen LogP contribution >= 0.6 is 38.6 Å². The Hall–Kier alpha value is -0.900. The van der Waals surface area contributed by atoms with Gasteiger partial charge in [0.25, 0.3) is 10.0 Å². The van der Waals surface area contributed by atoms with E-state index in [0.29, 0.717) is 4.47 Å². The molecule has 2 N–H and O–H groups in total. The molecule has 0 aliphatic rings. The van der Waals surface area contributed by atoms with Crippen molar-refractivity contribution in [3.8, 4) is 0 Å². The SMILES string of the molecule is O=C(O)c1ccc(NS(=O)(=O)c2sccc2Br)s1. The van der Waals surface area contributed by atoms with Gasteiger partial charge in [0.2, 0.25) is 0 Å². The number of carboxylic acids is 1. The highest BCUT2D eigenvalue weighted by Crippen LogP contribution is 2.31. The Morgan fingerprint density at radius 2 is 2.06 bits per heavy atom. The topological polar surface area (TPSA) is 83.5 Å². The fraction of sp³-hybridized carbons (Fsp3) is 0. The molecule has 18 heavy (non-hydrogen) atoms. The zero-order valence-corrected chi connectivity index (χ0v) is 12.6.